The van der Waals surface area contributed by atoms with E-state index in [9.17, 15) is 13.5 Å². The van der Waals surface area contributed by atoms with Crippen molar-refractivity contribution in [2.24, 2.45) is 0 Å². The van der Waals surface area contributed by atoms with Gasteiger partial charge < -0.3 is 14.6 Å². The highest BCUT2D eigenvalue weighted by atomic mass is 32.2. The molecule has 0 saturated carbocycles. The van der Waals surface area contributed by atoms with E-state index in [1.165, 1.54) is 13.2 Å². The molecule has 6 nitrogen and oxygen atoms in total. The summed E-state index contributed by atoms with van der Waals surface area (Å²) in [5.74, 6) is 0.636. The van der Waals surface area contributed by atoms with E-state index in [1.807, 2.05) is 0 Å². The van der Waals surface area contributed by atoms with Gasteiger partial charge in [-0.1, -0.05) is 0 Å². The van der Waals surface area contributed by atoms with E-state index in [4.69, 9.17) is 9.47 Å². The number of nitrogens with one attached hydrogen (secondary N) is 1. The maximum atomic E-state index is 12.5. The van der Waals surface area contributed by atoms with Crippen LogP contribution >= 0.6 is 0 Å². The van der Waals surface area contributed by atoms with Gasteiger partial charge in [-0.2, -0.15) is 0 Å². The van der Waals surface area contributed by atoms with Crippen LogP contribution in [-0.4, -0.2) is 46.0 Å². The van der Waals surface area contributed by atoms with Crippen LogP contribution in [0.1, 0.15) is 18.4 Å². The first kappa shape index (κ1) is 16.2. The number of rotatable bonds is 5. The van der Waals surface area contributed by atoms with E-state index in [0.717, 1.165) is 5.56 Å². The molecule has 21 heavy (non-hydrogen) atoms. The molecule has 1 aliphatic rings. The van der Waals surface area contributed by atoms with Crippen molar-refractivity contribution < 1.29 is 23.0 Å². The van der Waals surface area contributed by atoms with E-state index < -0.39 is 15.6 Å². The number of aryl methyl sites for hydroxylation is 1. The number of benzene rings is 1. The molecule has 1 heterocycles. The maximum Gasteiger partial charge on any atom is 0.241 e. The number of methoxy groups -OCH3 is 1. The summed E-state index contributed by atoms with van der Waals surface area (Å²) in [5.41, 5.74) is -0.101. The van der Waals surface area contributed by atoms with Crippen molar-refractivity contribution in [2.45, 2.75) is 30.2 Å². The Morgan fingerprint density at radius 1 is 1.38 bits per heavy atom. The SMILES string of the molecule is COc1ccc(S(=O)(=O)NC2(CO)CCOCC2)cc1C. The molecule has 0 aromatic heterocycles. The van der Waals surface area contributed by atoms with Gasteiger partial charge in [0.05, 0.1) is 24.2 Å². The lowest BCUT2D eigenvalue weighted by atomic mass is 9.93. The van der Waals surface area contributed by atoms with Gasteiger partial charge in [0, 0.05) is 13.2 Å². The quantitative estimate of drug-likeness (QED) is 0.840. The summed E-state index contributed by atoms with van der Waals surface area (Å²) in [6.45, 7) is 2.41. The molecule has 1 aromatic carbocycles. The number of aliphatic hydroxyl groups excluding tert-OH is 1. The molecule has 1 aromatic rings. The highest BCUT2D eigenvalue weighted by Gasteiger charge is 2.36. The highest BCUT2D eigenvalue weighted by molar-refractivity contribution is 7.89. The molecule has 1 saturated heterocycles. The van der Waals surface area contributed by atoms with E-state index in [1.54, 1.807) is 19.1 Å². The second-order valence-corrected chi connectivity index (χ2v) is 6.97. The predicted octanol–water partition coefficient (Wildman–Crippen LogP) is 0.823. The Labute approximate surface area is 125 Å². The van der Waals surface area contributed by atoms with Crippen LogP contribution in [0.5, 0.6) is 5.75 Å². The summed E-state index contributed by atoms with van der Waals surface area (Å²) in [7, 11) is -2.16. The monoisotopic (exact) mass is 315 g/mol. The maximum absolute atomic E-state index is 12.5. The van der Waals surface area contributed by atoms with Gasteiger partial charge in [-0.05, 0) is 43.5 Å². The molecule has 2 rings (SSSR count). The van der Waals surface area contributed by atoms with Crippen LogP contribution in [0.4, 0.5) is 0 Å². The normalized spacial score (nSPS) is 18.4. The van der Waals surface area contributed by atoms with Crippen LogP contribution in [0.15, 0.2) is 23.1 Å². The Balaban J connectivity index is 2.27. The number of aliphatic hydroxyl groups is 1. The molecule has 0 bridgehead atoms. The third-order valence-corrected chi connectivity index (χ3v) is 5.36. The van der Waals surface area contributed by atoms with Gasteiger partial charge >= 0.3 is 0 Å². The van der Waals surface area contributed by atoms with Crippen molar-refractivity contribution in [3.8, 4) is 5.75 Å². The van der Waals surface area contributed by atoms with E-state index in [-0.39, 0.29) is 11.5 Å². The largest absolute Gasteiger partial charge is 0.496 e. The van der Waals surface area contributed by atoms with Crippen LogP contribution in [-0.2, 0) is 14.8 Å². The number of hydrogen-bond acceptors (Lipinski definition) is 5. The molecule has 0 radical (unpaired) electrons. The van der Waals surface area contributed by atoms with Crippen LogP contribution in [0.25, 0.3) is 0 Å². The van der Waals surface area contributed by atoms with Crippen molar-refractivity contribution in [2.75, 3.05) is 26.9 Å². The molecule has 118 valence electrons. The second-order valence-electron chi connectivity index (χ2n) is 5.29. The van der Waals surface area contributed by atoms with Crippen LogP contribution in [0, 0.1) is 6.92 Å². The Morgan fingerprint density at radius 3 is 2.57 bits per heavy atom. The standard InChI is InChI=1S/C14H21NO5S/c1-11-9-12(3-4-13(11)19-2)21(17,18)15-14(10-16)5-7-20-8-6-14/h3-4,9,15-16H,5-8,10H2,1-2H3. The minimum atomic E-state index is -3.70. The van der Waals surface area contributed by atoms with Gasteiger partial charge in [0.1, 0.15) is 5.75 Å². The summed E-state index contributed by atoms with van der Waals surface area (Å²) in [6.07, 6.45) is 0.912. The molecule has 0 aliphatic carbocycles. The van der Waals surface area contributed by atoms with Gasteiger partial charge in [0.15, 0.2) is 0 Å². The fourth-order valence-corrected chi connectivity index (χ4v) is 3.95. The Morgan fingerprint density at radius 2 is 2.05 bits per heavy atom. The van der Waals surface area contributed by atoms with E-state index in [2.05, 4.69) is 4.72 Å². The van der Waals surface area contributed by atoms with Gasteiger partial charge in [-0.15, -0.1) is 0 Å². The lowest BCUT2D eigenvalue weighted by molar-refractivity contribution is 0.0223. The summed E-state index contributed by atoms with van der Waals surface area (Å²) >= 11 is 0. The van der Waals surface area contributed by atoms with Crippen molar-refractivity contribution in [3.63, 3.8) is 0 Å². The first-order valence-corrected chi connectivity index (χ1v) is 8.28. The first-order valence-electron chi connectivity index (χ1n) is 6.80. The lowest BCUT2D eigenvalue weighted by Gasteiger charge is -2.35. The zero-order valence-electron chi connectivity index (χ0n) is 12.3. The third-order valence-electron chi connectivity index (χ3n) is 3.78. The van der Waals surface area contributed by atoms with E-state index in [0.29, 0.717) is 31.8 Å². The fourth-order valence-electron chi connectivity index (χ4n) is 2.42. The molecule has 0 amide bonds. The molecule has 0 spiro atoms. The van der Waals surface area contributed by atoms with Crippen LogP contribution < -0.4 is 9.46 Å². The zero-order valence-corrected chi connectivity index (χ0v) is 13.1. The first-order chi connectivity index (χ1) is 9.92. The van der Waals surface area contributed by atoms with Crippen molar-refractivity contribution in [1.29, 1.82) is 0 Å². The molecular weight excluding hydrogens is 294 g/mol. The zero-order chi connectivity index (χ0) is 15.5. The lowest BCUT2D eigenvalue weighted by Crippen LogP contribution is -2.54. The minimum absolute atomic E-state index is 0.167. The van der Waals surface area contributed by atoms with Crippen molar-refractivity contribution in [1.82, 2.24) is 4.72 Å². The molecule has 2 N–H and O–H groups in total. The highest BCUT2D eigenvalue weighted by Crippen LogP contribution is 2.25. The average molecular weight is 315 g/mol. The molecule has 1 aliphatic heterocycles. The smallest absolute Gasteiger partial charge is 0.241 e. The van der Waals surface area contributed by atoms with Crippen LogP contribution in [0.2, 0.25) is 0 Å². The fraction of sp³-hybridized carbons (Fsp3) is 0.571. The average Bonchev–Trinajstić information content (AvgIpc) is 2.47. The molecular formula is C14H21NO5S. The van der Waals surface area contributed by atoms with Gasteiger partial charge in [-0.25, -0.2) is 13.1 Å². The Hall–Kier alpha value is -1.15. The summed E-state index contributed by atoms with van der Waals surface area (Å²) in [6, 6.07) is 4.68. The topological polar surface area (TPSA) is 84.9 Å². The molecule has 0 unspecified atom stereocenters. The third kappa shape index (κ3) is 3.55. The van der Waals surface area contributed by atoms with Crippen molar-refractivity contribution >= 4 is 10.0 Å². The predicted molar refractivity (Wildman–Crippen MR) is 77.9 cm³/mol. The Bertz CT molecular complexity index is 593. The van der Waals surface area contributed by atoms with Crippen molar-refractivity contribution in [3.05, 3.63) is 23.8 Å². The minimum Gasteiger partial charge on any atom is -0.496 e. The van der Waals surface area contributed by atoms with Crippen LogP contribution in [0.3, 0.4) is 0 Å². The molecule has 1 fully saturated rings. The summed E-state index contributed by atoms with van der Waals surface area (Å²) in [4.78, 5) is 0.167. The summed E-state index contributed by atoms with van der Waals surface area (Å²) < 4.78 is 38.0. The number of ether oxygens (including phenoxy) is 2. The molecule has 0 atom stereocenters. The molecule has 7 heteroatoms. The second kappa shape index (κ2) is 6.31. The van der Waals surface area contributed by atoms with Gasteiger partial charge in [-0.3, -0.25) is 0 Å². The van der Waals surface area contributed by atoms with E-state index >= 15 is 0 Å². The number of sulfonamides is 1. The Kier molecular flexibility index (Phi) is 4.88. The van der Waals surface area contributed by atoms with Gasteiger partial charge in [0.2, 0.25) is 10.0 Å². The summed E-state index contributed by atoms with van der Waals surface area (Å²) in [5, 5.41) is 9.59. The number of hydrogen-bond donors (Lipinski definition) is 2. The van der Waals surface area contributed by atoms with Gasteiger partial charge in [0.25, 0.3) is 0 Å².